The van der Waals surface area contributed by atoms with Crippen molar-refractivity contribution in [2.75, 3.05) is 48.0 Å². The van der Waals surface area contributed by atoms with Crippen LogP contribution in [0, 0.1) is 0 Å². The Hall–Kier alpha value is -3.98. The molecular formula is C25H27N5O4. The molecule has 1 fully saturated rings. The number of hydrogen-bond donors (Lipinski definition) is 1. The van der Waals surface area contributed by atoms with Crippen molar-refractivity contribution in [3.05, 3.63) is 67.1 Å². The maximum absolute atomic E-state index is 12.8. The smallest absolute Gasteiger partial charge is 0.336 e. The van der Waals surface area contributed by atoms with Crippen molar-refractivity contribution < 1.29 is 19.1 Å². The van der Waals surface area contributed by atoms with Gasteiger partial charge < -0.3 is 29.4 Å². The van der Waals surface area contributed by atoms with E-state index in [4.69, 9.17) is 9.47 Å². The standard InChI is InChI=1S/C25H27N5O4/c1-2-34-25(32)23(17-31)30(24-10-11-26-18-27-24)22-9-8-20(29-12-14-33-15-13-29)16-21(22)28-19-6-4-3-5-7-19/h3-11,16-18,23,28H,2,12-15H2,1H3. The van der Waals surface area contributed by atoms with E-state index in [1.54, 1.807) is 24.1 Å². The third-order valence-corrected chi connectivity index (χ3v) is 5.42. The molecule has 176 valence electrons. The molecular weight excluding hydrogens is 434 g/mol. The Morgan fingerprint density at radius 3 is 2.68 bits per heavy atom. The molecule has 1 aromatic heterocycles. The number of carbonyl (C=O) groups is 2. The van der Waals surface area contributed by atoms with Gasteiger partial charge in [-0.05, 0) is 43.3 Å². The minimum atomic E-state index is -1.22. The van der Waals surface area contributed by atoms with Crippen LogP contribution in [0.3, 0.4) is 0 Å². The van der Waals surface area contributed by atoms with E-state index >= 15 is 0 Å². The highest BCUT2D eigenvalue weighted by molar-refractivity contribution is 6.00. The molecule has 1 saturated heterocycles. The molecule has 0 amide bonds. The first kappa shape index (κ1) is 23.2. The van der Waals surface area contributed by atoms with Crippen molar-refractivity contribution in [1.82, 2.24) is 9.97 Å². The first-order valence-electron chi connectivity index (χ1n) is 11.2. The lowest BCUT2D eigenvalue weighted by Gasteiger charge is -2.32. The lowest BCUT2D eigenvalue weighted by atomic mass is 10.1. The first-order chi connectivity index (χ1) is 16.7. The molecule has 0 bridgehead atoms. The van der Waals surface area contributed by atoms with E-state index < -0.39 is 12.0 Å². The average Bonchev–Trinajstić information content (AvgIpc) is 2.89. The quantitative estimate of drug-likeness (QED) is 0.292. The number of hydrogen-bond acceptors (Lipinski definition) is 9. The summed E-state index contributed by atoms with van der Waals surface area (Å²) in [7, 11) is 0. The summed E-state index contributed by atoms with van der Waals surface area (Å²) in [6.07, 6.45) is 3.51. The van der Waals surface area contributed by atoms with Crippen LogP contribution in [0.15, 0.2) is 67.1 Å². The molecule has 2 aromatic carbocycles. The Kier molecular flexibility index (Phi) is 7.67. The summed E-state index contributed by atoms with van der Waals surface area (Å²) in [6.45, 7) is 4.73. The summed E-state index contributed by atoms with van der Waals surface area (Å²) in [4.78, 5) is 37.0. The predicted molar refractivity (Wildman–Crippen MR) is 130 cm³/mol. The van der Waals surface area contributed by atoms with Crippen LogP contribution in [0.1, 0.15) is 6.92 Å². The number of benzene rings is 2. The summed E-state index contributed by atoms with van der Waals surface area (Å²) in [5.74, 6) is -0.255. The van der Waals surface area contributed by atoms with Crippen LogP contribution in [-0.4, -0.2) is 61.2 Å². The molecule has 1 aliphatic rings. The molecule has 2 heterocycles. The first-order valence-corrected chi connectivity index (χ1v) is 11.2. The Bertz CT molecular complexity index is 1090. The van der Waals surface area contributed by atoms with Crippen LogP contribution >= 0.6 is 0 Å². The van der Waals surface area contributed by atoms with Gasteiger partial charge in [0.05, 0.1) is 31.2 Å². The number of para-hydroxylation sites is 1. The molecule has 0 spiro atoms. The fraction of sp³-hybridized carbons (Fsp3) is 0.280. The van der Waals surface area contributed by atoms with E-state index in [2.05, 4.69) is 20.2 Å². The van der Waals surface area contributed by atoms with E-state index in [-0.39, 0.29) is 6.61 Å². The van der Waals surface area contributed by atoms with Crippen molar-refractivity contribution in [2.24, 2.45) is 0 Å². The van der Waals surface area contributed by atoms with Gasteiger partial charge in [-0.1, -0.05) is 18.2 Å². The van der Waals surface area contributed by atoms with Gasteiger partial charge in [0.2, 0.25) is 0 Å². The third kappa shape index (κ3) is 5.32. The van der Waals surface area contributed by atoms with Gasteiger partial charge in [0.15, 0.2) is 12.3 Å². The fourth-order valence-corrected chi connectivity index (χ4v) is 3.82. The maximum Gasteiger partial charge on any atom is 0.336 e. The number of esters is 1. The summed E-state index contributed by atoms with van der Waals surface area (Å²) in [5, 5.41) is 3.44. The SMILES string of the molecule is CCOC(=O)C(C=O)N(c1ccncn1)c1ccc(N2CCOCC2)cc1Nc1ccccc1. The maximum atomic E-state index is 12.8. The van der Waals surface area contributed by atoms with E-state index in [0.29, 0.717) is 36.7 Å². The Morgan fingerprint density at radius 1 is 1.21 bits per heavy atom. The molecule has 1 N–H and O–H groups in total. The van der Waals surface area contributed by atoms with Crippen molar-refractivity contribution in [2.45, 2.75) is 13.0 Å². The van der Waals surface area contributed by atoms with E-state index in [0.717, 1.165) is 24.5 Å². The van der Waals surface area contributed by atoms with Gasteiger partial charge in [0, 0.05) is 30.7 Å². The van der Waals surface area contributed by atoms with Crippen LogP contribution < -0.4 is 15.1 Å². The molecule has 0 aliphatic carbocycles. The number of morpholine rings is 1. The molecule has 3 aromatic rings. The normalized spacial score (nSPS) is 14.2. The van der Waals surface area contributed by atoms with Gasteiger partial charge in [0.1, 0.15) is 12.1 Å². The lowest BCUT2D eigenvalue weighted by molar-refractivity contribution is -0.145. The fourth-order valence-electron chi connectivity index (χ4n) is 3.82. The molecule has 1 aliphatic heterocycles. The number of carbonyl (C=O) groups excluding carboxylic acids is 2. The molecule has 0 radical (unpaired) electrons. The molecule has 1 atom stereocenters. The Labute approximate surface area is 198 Å². The minimum Gasteiger partial charge on any atom is -0.464 e. The molecule has 9 nitrogen and oxygen atoms in total. The van der Waals surface area contributed by atoms with Gasteiger partial charge in [-0.2, -0.15) is 0 Å². The summed E-state index contributed by atoms with van der Waals surface area (Å²) in [6, 6.07) is 16.0. The van der Waals surface area contributed by atoms with E-state index in [1.807, 2.05) is 48.5 Å². The number of anilines is 5. The van der Waals surface area contributed by atoms with Gasteiger partial charge in [0.25, 0.3) is 0 Å². The van der Waals surface area contributed by atoms with Gasteiger partial charge in [-0.25, -0.2) is 14.8 Å². The van der Waals surface area contributed by atoms with Crippen molar-refractivity contribution in [3.8, 4) is 0 Å². The highest BCUT2D eigenvalue weighted by atomic mass is 16.5. The van der Waals surface area contributed by atoms with Gasteiger partial charge >= 0.3 is 5.97 Å². The average molecular weight is 462 g/mol. The molecule has 9 heteroatoms. The summed E-state index contributed by atoms with van der Waals surface area (Å²) >= 11 is 0. The number of aldehydes is 1. The minimum absolute atomic E-state index is 0.159. The van der Waals surface area contributed by atoms with E-state index in [9.17, 15) is 9.59 Å². The van der Waals surface area contributed by atoms with Crippen molar-refractivity contribution >= 4 is 40.8 Å². The van der Waals surface area contributed by atoms with E-state index in [1.165, 1.54) is 6.33 Å². The molecule has 0 saturated carbocycles. The van der Waals surface area contributed by atoms with Crippen LogP contribution in [0.2, 0.25) is 0 Å². The summed E-state index contributed by atoms with van der Waals surface area (Å²) < 4.78 is 10.7. The number of nitrogens with one attached hydrogen (secondary N) is 1. The van der Waals surface area contributed by atoms with Crippen LogP contribution in [0.5, 0.6) is 0 Å². The monoisotopic (exact) mass is 461 g/mol. The van der Waals surface area contributed by atoms with Crippen molar-refractivity contribution in [1.29, 1.82) is 0 Å². The van der Waals surface area contributed by atoms with Gasteiger partial charge in [-0.15, -0.1) is 0 Å². The second-order valence-electron chi connectivity index (χ2n) is 7.56. The highest BCUT2D eigenvalue weighted by Crippen LogP contribution is 2.37. The molecule has 34 heavy (non-hydrogen) atoms. The van der Waals surface area contributed by atoms with Gasteiger partial charge in [-0.3, -0.25) is 0 Å². The third-order valence-electron chi connectivity index (χ3n) is 5.42. The largest absolute Gasteiger partial charge is 0.464 e. The van der Waals surface area contributed by atoms with Crippen LogP contribution in [-0.2, 0) is 19.1 Å². The van der Waals surface area contributed by atoms with Crippen LogP contribution in [0.4, 0.5) is 28.6 Å². The Morgan fingerprint density at radius 2 is 2.00 bits per heavy atom. The van der Waals surface area contributed by atoms with Crippen LogP contribution in [0.25, 0.3) is 0 Å². The molecule has 1 unspecified atom stereocenters. The number of ether oxygens (including phenoxy) is 2. The summed E-state index contributed by atoms with van der Waals surface area (Å²) in [5.41, 5.74) is 3.19. The zero-order valence-electron chi connectivity index (χ0n) is 19.0. The zero-order chi connectivity index (χ0) is 23.8. The molecule has 4 rings (SSSR count). The van der Waals surface area contributed by atoms with Crippen molar-refractivity contribution in [3.63, 3.8) is 0 Å². The Balaban J connectivity index is 1.83. The number of nitrogens with zero attached hydrogens (tertiary/aromatic N) is 4. The second kappa shape index (κ2) is 11.2. The second-order valence-corrected chi connectivity index (χ2v) is 7.56. The lowest BCUT2D eigenvalue weighted by Crippen LogP contribution is -2.41. The number of aromatic nitrogens is 2. The predicted octanol–water partition coefficient (Wildman–Crippen LogP) is 3.33. The topological polar surface area (TPSA) is 96.9 Å². The highest BCUT2D eigenvalue weighted by Gasteiger charge is 2.31. The zero-order valence-corrected chi connectivity index (χ0v) is 19.0. The number of rotatable bonds is 9.